The van der Waals surface area contributed by atoms with Gasteiger partial charge in [-0.05, 0) is 42.7 Å². The average Bonchev–Trinajstić information content (AvgIpc) is 2.85. The number of aryl methyl sites for hydroxylation is 1. The van der Waals surface area contributed by atoms with E-state index >= 15 is 0 Å². The fraction of sp³-hybridized carbons (Fsp3) is 0.583. The van der Waals surface area contributed by atoms with Gasteiger partial charge in [-0.3, -0.25) is 4.98 Å². The Morgan fingerprint density at radius 1 is 1.38 bits per heavy atom. The zero-order chi connectivity index (χ0) is 9.42. The smallest absolute Gasteiger partial charge is 0.0372 e. The number of hydrogen-bond donors (Lipinski definition) is 0. The van der Waals surface area contributed by atoms with Crippen molar-refractivity contribution in [3.8, 4) is 0 Å². The van der Waals surface area contributed by atoms with Crippen LogP contribution < -0.4 is 0 Å². The zero-order valence-electron chi connectivity index (χ0n) is 8.62. The molecule has 1 nitrogen and oxygen atoms in total. The molecule has 1 aromatic heterocycles. The van der Waals surface area contributed by atoms with E-state index in [-0.39, 0.29) is 0 Å². The summed E-state index contributed by atoms with van der Waals surface area (Å²) in [5, 5.41) is 0. The number of aromatic nitrogens is 1. The highest BCUT2D eigenvalue weighted by atomic mass is 14.7. The van der Waals surface area contributed by atoms with Gasteiger partial charge in [0.15, 0.2) is 0 Å². The summed E-state index contributed by atoms with van der Waals surface area (Å²) < 4.78 is 0. The highest BCUT2D eigenvalue weighted by Gasteiger charge is 2.40. The van der Waals surface area contributed by atoms with E-state index in [9.17, 15) is 0 Å². The summed E-state index contributed by atoms with van der Waals surface area (Å²) >= 11 is 0. The van der Waals surface area contributed by atoms with E-state index in [1.54, 1.807) is 0 Å². The normalized spacial score (nSPS) is 26.5. The summed E-state index contributed by atoms with van der Waals surface area (Å²) in [5.74, 6) is 2.53. The molecule has 1 heterocycles. The third-order valence-corrected chi connectivity index (χ3v) is 3.06. The van der Waals surface area contributed by atoms with E-state index in [1.807, 2.05) is 13.1 Å². The van der Waals surface area contributed by atoms with Crippen LogP contribution in [-0.2, 0) is 0 Å². The first-order valence-electron chi connectivity index (χ1n) is 5.11. The summed E-state index contributed by atoms with van der Waals surface area (Å²) in [6, 6.07) is 4.35. The Kier molecular flexibility index (Phi) is 2.10. The predicted molar refractivity (Wildman–Crippen MR) is 54.7 cm³/mol. The maximum absolute atomic E-state index is 4.33. The van der Waals surface area contributed by atoms with E-state index in [2.05, 4.69) is 31.0 Å². The van der Waals surface area contributed by atoms with Gasteiger partial charge in [-0.25, -0.2) is 0 Å². The van der Waals surface area contributed by atoms with Gasteiger partial charge in [0.2, 0.25) is 0 Å². The van der Waals surface area contributed by atoms with Gasteiger partial charge in [-0.2, -0.15) is 0 Å². The van der Waals surface area contributed by atoms with Gasteiger partial charge in [0.25, 0.3) is 0 Å². The molecule has 0 aliphatic heterocycles. The molecule has 0 radical (unpaired) electrons. The van der Waals surface area contributed by atoms with Crippen molar-refractivity contribution in [3.63, 3.8) is 0 Å². The first-order chi connectivity index (χ1) is 6.18. The molecule has 1 aliphatic carbocycles. The Morgan fingerprint density at radius 3 is 2.62 bits per heavy atom. The van der Waals surface area contributed by atoms with E-state index in [0.29, 0.717) is 0 Å². The molecule has 0 aromatic carbocycles. The van der Waals surface area contributed by atoms with Crippen LogP contribution in [0.2, 0.25) is 0 Å². The third-order valence-electron chi connectivity index (χ3n) is 3.06. The molecule has 0 unspecified atom stereocenters. The van der Waals surface area contributed by atoms with E-state index in [4.69, 9.17) is 0 Å². The second-order valence-electron chi connectivity index (χ2n) is 4.48. The molecule has 1 saturated carbocycles. The first kappa shape index (κ1) is 8.74. The van der Waals surface area contributed by atoms with Crippen LogP contribution >= 0.6 is 0 Å². The molecule has 0 bridgehead atoms. The minimum atomic E-state index is 0.799. The van der Waals surface area contributed by atoms with Gasteiger partial charge in [-0.1, -0.05) is 19.9 Å². The quantitative estimate of drug-likeness (QED) is 0.673. The minimum absolute atomic E-state index is 0.799. The number of nitrogens with zero attached hydrogens (tertiary/aromatic N) is 1. The molecule has 0 N–H and O–H groups in total. The molecule has 1 fully saturated rings. The van der Waals surface area contributed by atoms with Crippen LogP contribution in [-0.4, -0.2) is 4.98 Å². The van der Waals surface area contributed by atoms with Crippen molar-refractivity contribution < 1.29 is 0 Å². The average molecular weight is 175 g/mol. The van der Waals surface area contributed by atoms with Crippen LogP contribution in [0.5, 0.6) is 0 Å². The zero-order valence-corrected chi connectivity index (χ0v) is 8.62. The van der Waals surface area contributed by atoms with Crippen LogP contribution in [0.15, 0.2) is 18.3 Å². The lowest BCUT2D eigenvalue weighted by Crippen LogP contribution is -1.93. The summed E-state index contributed by atoms with van der Waals surface area (Å²) in [7, 11) is 0. The minimum Gasteiger partial charge on any atom is -0.261 e. The molecule has 0 amide bonds. The second kappa shape index (κ2) is 3.13. The summed E-state index contributed by atoms with van der Waals surface area (Å²) in [6.45, 7) is 6.66. The Hall–Kier alpha value is -0.850. The van der Waals surface area contributed by atoms with Gasteiger partial charge < -0.3 is 0 Å². The van der Waals surface area contributed by atoms with Crippen LogP contribution in [0.3, 0.4) is 0 Å². The molecular weight excluding hydrogens is 158 g/mol. The van der Waals surface area contributed by atoms with Crippen LogP contribution in [0.25, 0.3) is 0 Å². The summed E-state index contributed by atoms with van der Waals surface area (Å²) in [5.41, 5.74) is 2.55. The number of rotatable bonds is 2. The standard InChI is InChI=1S/C12H17N/c1-8(2)11-6-12(11)10-5-4-9(3)13-7-10/h4-5,7-8,11-12H,6H2,1-3H3/t11-,12-/m0/s1. The van der Waals surface area contributed by atoms with E-state index in [0.717, 1.165) is 23.4 Å². The lowest BCUT2D eigenvalue weighted by Gasteiger charge is -2.03. The SMILES string of the molecule is Cc1ccc([C@@H]2C[C@H]2C(C)C)cn1. The number of pyridine rings is 1. The molecule has 0 spiro atoms. The van der Waals surface area contributed by atoms with E-state index < -0.39 is 0 Å². The second-order valence-corrected chi connectivity index (χ2v) is 4.48. The fourth-order valence-corrected chi connectivity index (χ4v) is 2.03. The third kappa shape index (κ3) is 1.74. The Labute approximate surface area is 80.2 Å². The van der Waals surface area contributed by atoms with Gasteiger partial charge in [-0.15, -0.1) is 0 Å². The molecule has 13 heavy (non-hydrogen) atoms. The number of hydrogen-bond acceptors (Lipinski definition) is 1. The van der Waals surface area contributed by atoms with Crippen molar-refractivity contribution in [1.29, 1.82) is 0 Å². The van der Waals surface area contributed by atoms with Crippen molar-refractivity contribution in [1.82, 2.24) is 4.98 Å². The molecule has 0 saturated heterocycles. The molecule has 2 rings (SSSR count). The van der Waals surface area contributed by atoms with Gasteiger partial charge in [0, 0.05) is 11.9 Å². The Bertz CT molecular complexity index is 286. The van der Waals surface area contributed by atoms with Crippen molar-refractivity contribution in [2.75, 3.05) is 0 Å². The maximum Gasteiger partial charge on any atom is 0.0372 e. The van der Waals surface area contributed by atoms with Gasteiger partial charge in [0.05, 0.1) is 0 Å². The highest BCUT2D eigenvalue weighted by molar-refractivity contribution is 5.24. The first-order valence-corrected chi connectivity index (χ1v) is 5.11. The lowest BCUT2D eigenvalue weighted by molar-refractivity contribution is 0.548. The molecule has 70 valence electrons. The van der Waals surface area contributed by atoms with Crippen molar-refractivity contribution in [3.05, 3.63) is 29.6 Å². The fourth-order valence-electron chi connectivity index (χ4n) is 2.03. The van der Waals surface area contributed by atoms with Gasteiger partial charge in [0.1, 0.15) is 0 Å². The topological polar surface area (TPSA) is 12.9 Å². The van der Waals surface area contributed by atoms with Gasteiger partial charge >= 0.3 is 0 Å². The van der Waals surface area contributed by atoms with Crippen molar-refractivity contribution in [2.24, 2.45) is 11.8 Å². The van der Waals surface area contributed by atoms with E-state index in [1.165, 1.54) is 12.0 Å². The molecule has 1 aliphatic rings. The molecular formula is C12H17N. The highest BCUT2D eigenvalue weighted by Crippen LogP contribution is 2.51. The Balaban J connectivity index is 2.08. The molecule has 1 heteroatoms. The van der Waals surface area contributed by atoms with Crippen LogP contribution in [0, 0.1) is 18.8 Å². The lowest BCUT2D eigenvalue weighted by atomic mass is 10.0. The largest absolute Gasteiger partial charge is 0.261 e. The van der Waals surface area contributed by atoms with Crippen LogP contribution in [0.1, 0.15) is 37.4 Å². The van der Waals surface area contributed by atoms with Crippen LogP contribution in [0.4, 0.5) is 0 Å². The molecule has 1 aromatic rings. The molecule has 2 atom stereocenters. The predicted octanol–water partition coefficient (Wildman–Crippen LogP) is 3.15. The maximum atomic E-state index is 4.33. The monoisotopic (exact) mass is 175 g/mol. The van der Waals surface area contributed by atoms with Crippen molar-refractivity contribution >= 4 is 0 Å². The summed E-state index contributed by atoms with van der Waals surface area (Å²) in [4.78, 5) is 4.33. The Morgan fingerprint density at radius 2 is 2.15 bits per heavy atom. The summed E-state index contributed by atoms with van der Waals surface area (Å²) in [6.07, 6.45) is 3.41. The van der Waals surface area contributed by atoms with Crippen molar-refractivity contribution in [2.45, 2.75) is 33.1 Å².